The summed E-state index contributed by atoms with van der Waals surface area (Å²) in [5.74, 6) is -1.37. The van der Waals surface area contributed by atoms with E-state index in [4.69, 9.17) is 23.2 Å². The zero-order valence-electron chi connectivity index (χ0n) is 23.3. The largest absolute Gasteiger partial charge is 0.334 e. The van der Waals surface area contributed by atoms with Gasteiger partial charge in [0.15, 0.2) is 0 Å². The number of carbonyl (C=O) groups excluding carboxylic acids is 3. The van der Waals surface area contributed by atoms with Crippen LogP contribution in [0.1, 0.15) is 39.2 Å². The van der Waals surface area contributed by atoms with Crippen LogP contribution in [-0.4, -0.2) is 83.3 Å². The minimum atomic E-state index is -4.37. The fraction of sp³-hybridized carbons (Fsp3) is 0.464. The lowest BCUT2D eigenvalue weighted by Crippen LogP contribution is -2.76. The molecule has 2 saturated heterocycles. The first-order chi connectivity index (χ1) is 19.7. The molecule has 2 aromatic carbocycles. The lowest BCUT2D eigenvalue weighted by Gasteiger charge is -2.53. The molecule has 3 atom stereocenters. The maximum atomic E-state index is 14.2. The fourth-order valence-corrected chi connectivity index (χ4v) is 7.75. The number of nitrogens with zero attached hydrogens (tertiary/aromatic N) is 3. The number of piperazine rings is 1. The smallest absolute Gasteiger partial charge is 0.315 e. The number of hydrogen-bond donors (Lipinski definition) is 2. The van der Waals surface area contributed by atoms with Gasteiger partial charge in [0.2, 0.25) is 21.8 Å². The molecule has 42 heavy (non-hydrogen) atoms. The number of amides is 4. The highest BCUT2D eigenvalue weighted by Crippen LogP contribution is 2.38. The summed E-state index contributed by atoms with van der Waals surface area (Å²) in [5, 5.41) is 5.48. The van der Waals surface area contributed by atoms with Gasteiger partial charge in [0.25, 0.3) is 0 Å². The van der Waals surface area contributed by atoms with Gasteiger partial charge in [-0.2, -0.15) is 4.31 Å². The van der Waals surface area contributed by atoms with Gasteiger partial charge in [-0.05, 0) is 69.5 Å². The first-order valence-corrected chi connectivity index (χ1v) is 15.8. The molecule has 14 heteroatoms. The molecule has 2 aromatic rings. The van der Waals surface area contributed by atoms with Gasteiger partial charge >= 0.3 is 6.03 Å². The predicted octanol–water partition coefficient (Wildman–Crippen LogP) is 3.37. The van der Waals surface area contributed by atoms with Crippen molar-refractivity contribution in [1.29, 1.82) is 0 Å². The van der Waals surface area contributed by atoms with Crippen molar-refractivity contribution in [3.63, 3.8) is 0 Å². The second-order valence-corrected chi connectivity index (χ2v) is 14.5. The van der Waals surface area contributed by atoms with Crippen molar-refractivity contribution in [3.8, 4) is 0 Å². The number of carbonyl (C=O) groups is 3. The summed E-state index contributed by atoms with van der Waals surface area (Å²) >= 11 is 12.4. The number of sulfonamides is 1. The third kappa shape index (κ3) is 6.22. The molecule has 0 radical (unpaired) electrons. The average Bonchev–Trinajstić information content (AvgIpc) is 3.72. The summed E-state index contributed by atoms with van der Waals surface area (Å²) in [4.78, 5) is 43.5. The number of benzene rings is 2. The van der Waals surface area contributed by atoms with Crippen molar-refractivity contribution in [2.45, 2.75) is 74.8 Å². The normalized spacial score (nSPS) is 23.5. The molecule has 10 nitrogen and oxygen atoms in total. The lowest BCUT2D eigenvalue weighted by atomic mass is 9.97. The van der Waals surface area contributed by atoms with Gasteiger partial charge in [-0.1, -0.05) is 35.3 Å². The van der Waals surface area contributed by atoms with Crippen molar-refractivity contribution >= 4 is 51.1 Å². The Morgan fingerprint density at radius 2 is 1.69 bits per heavy atom. The molecule has 4 amide bonds. The van der Waals surface area contributed by atoms with Gasteiger partial charge in [-0.15, -0.1) is 0 Å². The van der Waals surface area contributed by atoms with Crippen LogP contribution in [0.2, 0.25) is 10.0 Å². The standard InChI is InChI=1S/C28H32Cl2FN5O5S/c1-28(2,3)33-27(39)32-21-14-35(42(40,41)23-11-6-17(29)13-20(23)30)24-15-34(19-9-10-19)26(38)22(36(24)25(21)37)12-16-4-7-18(31)8-5-16/h4-8,11,13,19,21-22,24H,9-10,12,14-15H2,1-3H3,(H2,32,33,39). The Kier molecular flexibility index (Phi) is 8.21. The Morgan fingerprint density at radius 3 is 2.29 bits per heavy atom. The van der Waals surface area contributed by atoms with Crippen LogP contribution in [0.15, 0.2) is 47.4 Å². The van der Waals surface area contributed by atoms with E-state index in [1.54, 1.807) is 25.7 Å². The zero-order chi connectivity index (χ0) is 30.6. The summed E-state index contributed by atoms with van der Waals surface area (Å²) in [6, 6.07) is 6.45. The SMILES string of the molecule is CC(C)(C)NC(=O)NC1CN(S(=O)(=O)c2ccc(Cl)cc2Cl)C2CN(C3CC3)C(=O)C(Cc3ccc(F)cc3)N2C1=O. The molecular formula is C28H32Cl2FN5O5S. The number of hydrogen-bond acceptors (Lipinski definition) is 5. The molecule has 5 rings (SSSR count). The van der Waals surface area contributed by atoms with Gasteiger partial charge in [0.1, 0.15) is 29.0 Å². The molecule has 2 aliphatic heterocycles. The van der Waals surface area contributed by atoms with Crippen LogP contribution in [0.4, 0.5) is 9.18 Å². The molecule has 0 spiro atoms. The maximum Gasteiger partial charge on any atom is 0.315 e. The number of urea groups is 1. The quantitative estimate of drug-likeness (QED) is 0.502. The van der Waals surface area contributed by atoms with E-state index in [2.05, 4.69) is 10.6 Å². The van der Waals surface area contributed by atoms with Crippen LogP contribution in [-0.2, 0) is 26.0 Å². The molecular weight excluding hydrogens is 608 g/mol. The summed E-state index contributed by atoms with van der Waals surface area (Å²) in [5.41, 5.74) is -0.0427. The Bertz CT molecular complexity index is 1510. The monoisotopic (exact) mass is 639 g/mol. The van der Waals surface area contributed by atoms with E-state index in [0.717, 1.165) is 17.1 Å². The van der Waals surface area contributed by atoms with E-state index in [1.807, 2.05) is 0 Å². The predicted molar refractivity (Wildman–Crippen MR) is 155 cm³/mol. The fourth-order valence-electron chi connectivity index (χ4n) is 5.42. The van der Waals surface area contributed by atoms with Crippen molar-refractivity contribution in [1.82, 2.24) is 24.7 Å². The van der Waals surface area contributed by atoms with Crippen molar-refractivity contribution in [2.75, 3.05) is 13.1 Å². The molecule has 3 aliphatic rings. The molecule has 1 aliphatic carbocycles. The minimum Gasteiger partial charge on any atom is -0.334 e. The molecule has 0 bridgehead atoms. The van der Waals surface area contributed by atoms with Crippen molar-refractivity contribution in [3.05, 3.63) is 63.9 Å². The maximum absolute atomic E-state index is 14.2. The van der Waals surface area contributed by atoms with Gasteiger partial charge in [-0.25, -0.2) is 17.6 Å². The van der Waals surface area contributed by atoms with Crippen molar-refractivity contribution in [2.24, 2.45) is 0 Å². The second kappa shape index (κ2) is 11.3. The van der Waals surface area contributed by atoms with E-state index < -0.39 is 51.6 Å². The lowest BCUT2D eigenvalue weighted by molar-refractivity contribution is -0.167. The van der Waals surface area contributed by atoms with Crippen LogP contribution in [0.25, 0.3) is 0 Å². The third-order valence-electron chi connectivity index (χ3n) is 7.44. The summed E-state index contributed by atoms with van der Waals surface area (Å²) in [6.07, 6.45) is 0.494. The van der Waals surface area contributed by atoms with Gasteiger partial charge in [-0.3, -0.25) is 9.59 Å². The van der Waals surface area contributed by atoms with Crippen LogP contribution in [0.3, 0.4) is 0 Å². The molecule has 2 heterocycles. The second-order valence-electron chi connectivity index (χ2n) is 11.8. The van der Waals surface area contributed by atoms with Gasteiger partial charge in [0, 0.05) is 29.6 Å². The molecule has 1 saturated carbocycles. The molecule has 0 aromatic heterocycles. The highest BCUT2D eigenvalue weighted by Gasteiger charge is 2.56. The van der Waals surface area contributed by atoms with E-state index in [1.165, 1.54) is 47.4 Å². The molecule has 3 unspecified atom stereocenters. The number of halogens is 3. The van der Waals surface area contributed by atoms with Crippen LogP contribution in [0.5, 0.6) is 0 Å². The average molecular weight is 641 g/mol. The van der Waals surface area contributed by atoms with Crippen LogP contribution < -0.4 is 10.6 Å². The zero-order valence-corrected chi connectivity index (χ0v) is 25.6. The molecule has 226 valence electrons. The number of nitrogens with one attached hydrogen (secondary N) is 2. The van der Waals surface area contributed by atoms with Crippen LogP contribution >= 0.6 is 23.2 Å². The van der Waals surface area contributed by atoms with Crippen molar-refractivity contribution < 1.29 is 27.2 Å². The van der Waals surface area contributed by atoms with E-state index in [0.29, 0.717) is 5.56 Å². The summed E-state index contributed by atoms with van der Waals surface area (Å²) in [6.45, 7) is 4.87. The number of fused-ring (bicyclic) bond motifs is 1. The highest BCUT2D eigenvalue weighted by molar-refractivity contribution is 7.89. The van der Waals surface area contributed by atoms with E-state index >= 15 is 0 Å². The Hall–Kier alpha value is -2.93. The number of rotatable bonds is 6. The first kappa shape index (κ1) is 30.5. The Balaban J connectivity index is 1.59. The molecule has 3 fully saturated rings. The van der Waals surface area contributed by atoms with E-state index in [-0.39, 0.29) is 46.4 Å². The summed E-state index contributed by atoms with van der Waals surface area (Å²) in [7, 11) is -4.37. The third-order valence-corrected chi connectivity index (χ3v) is 10.0. The van der Waals surface area contributed by atoms with Crippen LogP contribution in [0, 0.1) is 5.82 Å². The van der Waals surface area contributed by atoms with Gasteiger partial charge < -0.3 is 20.4 Å². The Morgan fingerprint density at radius 1 is 1.02 bits per heavy atom. The first-order valence-electron chi connectivity index (χ1n) is 13.6. The summed E-state index contributed by atoms with van der Waals surface area (Å²) < 4.78 is 43.2. The Labute approximate surface area is 254 Å². The topological polar surface area (TPSA) is 119 Å². The molecule has 2 N–H and O–H groups in total. The van der Waals surface area contributed by atoms with Gasteiger partial charge in [0.05, 0.1) is 11.6 Å². The minimum absolute atomic E-state index is 0.0288. The highest BCUT2D eigenvalue weighted by atomic mass is 35.5. The van der Waals surface area contributed by atoms with E-state index in [9.17, 15) is 27.2 Å².